The normalized spacial score (nSPS) is 14.1. The van der Waals surface area contributed by atoms with Crippen molar-refractivity contribution >= 4 is 0 Å². The topological polar surface area (TPSA) is 27.7 Å². The molecule has 3 nitrogen and oxygen atoms in total. The molecule has 0 aliphatic carbocycles. The van der Waals surface area contributed by atoms with Crippen LogP contribution < -0.4 is 4.74 Å². The van der Waals surface area contributed by atoms with Crippen LogP contribution in [-0.2, 0) is 9.47 Å². The third kappa shape index (κ3) is 5.35. The van der Waals surface area contributed by atoms with Crippen LogP contribution in [0.2, 0.25) is 0 Å². The van der Waals surface area contributed by atoms with E-state index in [-0.39, 0.29) is 6.29 Å². The van der Waals surface area contributed by atoms with Crippen molar-refractivity contribution < 1.29 is 14.2 Å². The van der Waals surface area contributed by atoms with Gasteiger partial charge in [-0.3, -0.25) is 0 Å². The molecular formula is C22H24O3. The van der Waals surface area contributed by atoms with Gasteiger partial charge in [0.15, 0.2) is 6.29 Å². The number of hydrogen-bond acceptors (Lipinski definition) is 3. The standard InChI is InChI=1S/C22H24O3/c1-2-3-4-15-23-21-13-9-19(10-14-21)6-5-18-7-11-20(12-8-18)22-24-16-17-25-22/h7-14,22H,2-4,15-17H2,1H3. The zero-order chi connectivity index (χ0) is 17.3. The summed E-state index contributed by atoms with van der Waals surface area (Å²) in [6.45, 7) is 4.28. The highest BCUT2D eigenvalue weighted by molar-refractivity contribution is 5.44. The summed E-state index contributed by atoms with van der Waals surface area (Å²) in [5.74, 6) is 7.28. The SMILES string of the molecule is CCCCCOc1ccc(C#Cc2ccc(C3OCCO3)cc2)cc1. The molecule has 1 aliphatic heterocycles. The average molecular weight is 336 g/mol. The second kappa shape index (κ2) is 9.27. The maximum absolute atomic E-state index is 5.72. The molecule has 0 N–H and O–H groups in total. The molecule has 0 unspecified atom stereocenters. The first-order valence-electron chi connectivity index (χ1n) is 8.93. The third-order valence-electron chi connectivity index (χ3n) is 4.03. The van der Waals surface area contributed by atoms with Gasteiger partial charge in [0.25, 0.3) is 0 Å². The maximum atomic E-state index is 5.72. The molecule has 2 aromatic carbocycles. The van der Waals surface area contributed by atoms with E-state index in [0.29, 0.717) is 13.2 Å². The van der Waals surface area contributed by atoms with E-state index in [4.69, 9.17) is 14.2 Å². The minimum Gasteiger partial charge on any atom is -0.494 e. The molecule has 1 heterocycles. The Bertz CT molecular complexity index is 702. The second-order valence-corrected chi connectivity index (χ2v) is 6.03. The Labute approximate surface area is 149 Å². The summed E-state index contributed by atoms with van der Waals surface area (Å²) in [7, 11) is 0. The lowest BCUT2D eigenvalue weighted by Crippen LogP contribution is -1.97. The molecule has 1 aliphatic rings. The smallest absolute Gasteiger partial charge is 0.184 e. The molecule has 0 aromatic heterocycles. The maximum Gasteiger partial charge on any atom is 0.184 e. The molecule has 3 rings (SSSR count). The van der Waals surface area contributed by atoms with Crippen molar-refractivity contribution in [3.05, 3.63) is 65.2 Å². The summed E-state index contributed by atoms with van der Waals surface area (Å²) < 4.78 is 16.7. The first kappa shape index (κ1) is 17.5. The highest BCUT2D eigenvalue weighted by Crippen LogP contribution is 2.23. The Morgan fingerprint density at radius 2 is 1.48 bits per heavy atom. The summed E-state index contributed by atoms with van der Waals surface area (Å²) in [5, 5.41) is 0. The van der Waals surface area contributed by atoms with E-state index in [9.17, 15) is 0 Å². The quantitative estimate of drug-likeness (QED) is 0.565. The van der Waals surface area contributed by atoms with Gasteiger partial charge in [0.05, 0.1) is 19.8 Å². The lowest BCUT2D eigenvalue weighted by Gasteiger charge is -2.08. The monoisotopic (exact) mass is 336 g/mol. The second-order valence-electron chi connectivity index (χ2n) is 6.03. The molecular weight excluding hydrogens is 312 g/mol. The van der Waals surface area contributed by atoms with Crippen molar-refractivity contribution in [2.24, 2.45) is 0 Å². The van der Waals surface area contributed by atoms with Crippen LogP contribution >= 0.6 is 0 Å². The van der Waals surface area contributed by atoms with Crippen LogP contribution in [-0.4, -0.2) is 19.8 Å². The molecule has 1 saturated heterocycles. The third-order valence-corrected chi connectivity index (χ3v) is 4.03. The lowest BCUT2D eigenvalue weighted by molar-refractivity contribution is -0.0441. The van der Waals surface area contributed by atoms with Crippen LogP contribution in [0.15, 0.2) is 48.5 Å². The van der Waals surface area contributed by atoms with Crippen molar-refractivity contribution in [2.75, 3.05) is 19.8 Å². The molecule has 0 saturated carbocycles. The van der Waals surface area contributed by atoms with E-state index in [1.165, 1.54) is 12.8 Å². The predicted molar refractivity (Wildman–Crippen MR) is 98.5 cm³/mol. The van der Waals surface area contributed by atoms with Crippen LogP contribution in [0.4, 0.5) is 0 Å². The van der Waals surface area contributed by atoms with Gasteiger partial charge in [-0.15, -0.1) is 0 Å². The Morgan fingerprint density at radius 1 is 0.880 bits per heavy atom. The molecule has 0 bridgehead atoms. The van der Waals surface area contributed by atoms with Crippen LogP contribution in [0.5, 0.6) is 5.75 Å². The molecule has 0 amide bonds. The van der Waals surface area contributed by atoms with Crippen molar-refractivity contribution in [3.8, 4) is 17.6 Å². The Kier molecular flexibility index (Phi) is 6.50. The summed E-state index contributed by atoms with van der Waals surface area (Å²) >= 11 is 0. The molecule has 0 spiro atoms. The van der Waals surface area contributed by atoms with Crippen LogP contribution in [0.3, 0.4) is 0 Å². The molecule has 1 fully saturated rings. The summed E-state index contributed by atoms with van der Waals surface area (Å²) in [4.78, 5) is 0. The average Bonchev–Trinajstić information content (AvgIpc) is 3.20. The first-order chi connectivity index (χ1) is 12.3. The van der Waals surface area contributed by atoms with Gasteiger partial charge in [0, 0.05) is 16.7 Å². The van der Waals surface area contributed by atoms with E-state index in [0.717, 1.165) is 35.5 Å². The molecule has 25 heavy (non-hydrogen) atoms. The summed E-state index contributed by atoms with van der Waals surface area (Å²) in [5.41, 5.74) is 2.99. The van der Waals surface area contributed by atoms with Gasteiger partial charge in [0.1, 0.15) is 5.75 Å². The molecule has 0 radical (unpaired) electrons. The zero-order valence-electron chi connectivity index (χ0n) is 14.7. The van der Waals surface area contributed by atoms with Gasteiger partial charge in [-0.1, -0.05) is 43.7 Å². The van der Waals surface area contributed by atoms with Crippen LogP contribution in [0.25, 0.3) is 0 Å². The largest absolute Gasteiger partial charge is 0.494 e. The minimum absolute atomic E-state index is 0.230. The van der Waals surface area contributed by atoms with E-state index in [1.54, 1.807) is 0 Å². The summed E-state index contributed by atoms with van der Waals surface area (Å²) in [6, 6.07) is 16.0. The molecule has 0 atom stereocenters. The molecule has 130 valence electrons. The van der Waals surface area contributed by atoms with E-state index in [2.05, 4.69) is 18.8 Å². The Morgan fingerprint density at radius 3 is 2.08 bits per heavy atom. The highest BCUT2D eigenvalue weighted by atomic mass is 16.7. The number of benzene rings is 2. The van der Waals surface area contributed by atoms with Gasteiger partial charge in [-0.25, -0.2) is 0 Å². The van der Waals surface area contributed by atoms with Gasteiger partial charge >= 0.3 is 0 Å². The zero-order valence-corrected chi connectivity index (χ0v) is 14.7. The van der Waals surface area contributed by atoms with E-state index in [1.807, 2.05) is 48.5 Å². The number of rotatable bonds is 6. The summed E-state index contributed by atoms with van der Waals surface area (Å²) in [6.07, 6.45) is 3.29. The van der Waals surface area contributed by atoms with Gasteiger partial charge in [-0.2, -0.15) is 0 Å². The first-order valence-corrected chi connectivity index (χ1v) is 8.93. The number of hydrogen-bond donors (Lipinski definition) is 0. The molecule has 2 aromatic rings. The van der Waals surface area contributed by atoms with Gasteiger partial charge in [0.2, 0.25) is 0 Å². The number of ether oxygens (including phenoxy) is 3. The van der Waals surface area contributed by atoms with Crippen LogP contribution in [0.1, 0.15) is 49.2 Å². The Hall–Kier alpha value is -2.28. The van der Waals surface area contributed by atoms with Crippen molar-refractivity contribution in [2.45, 2.75) is 32.5 Å². The lowest BCUT2D eigenvalue weighted by atomic mass is 10.1. The van der Waals surface area contributed by atoms with E-state index < -0.39 is 0 Å². The predicted octanol–water partition coefficient (Wildman–Crippen LogP) is 4.70. The van der Waals surface area contributed by atoms with Crippen molar-refractivity contribution in [1.82, 2.24) is 0 Å². The van der Waals surface area contributed by atoms with Gasteiger partial charge < -0.3 is 14.2 Å². The fourth-order valence-corrected chi connectivity index (χ4v) is 2.60. The van der Waals surface area contributed by atoms with E-state index >= 15 is 0 Å². The fourth-order valence-electron chi connectivity index (χ4n) is 2.60. The number of unbranched alkanes of at least 4 members (excludes halogenated alkanes) is 2. The van der Waals surface area contributed by atoms with Crippen molar-refractivity contribution in [3.63, 3.8) is 0 Å². The van der Waals surface area contributed by atoms with Crippen molar-refractivity contribution in [1.29, 1.82) is 0 Å². The van der Waals surface area contributed by atoms with Gasteiger partial charge in [-0.05, 0) is 42.8 Å². The molecule has 3 heteroatoms. The van der Waals surface area contributed by atoms with Crippen LogP contribution in [0, 0.1) is 11.8 Å². The minimum atomic E-state index is -0.230. The fraction of sp³-hybridized carbons (Fsp3) is 0.364. The highest BCUT2D eigenvalue weighted by Gasteiger charge is 2.17. The Balaban J connectivity index is 1.55.